The lowest BCUT2D eigenvalue weighted by Crippen LogP contribution is -2.33. The van der Waals surface area contributed by atoms with E-state index in [1.807, 2.05) is 18.2 Å². The summed E-state index contributed by atoms with van der Waals surface area (Å²) in [5, 5.41) is 0. The van der Waals surface area contributed by atoms with Gasteiger partial charge < -0.3 is 0 Å². The topological polar surface area (TPSA) is 40.6 Å². The SMILES string of the molecule is O=C1c2ccccc2C(=O)N1CCCN1CCCC1c1ccccc1. The van der Waals surface area contributed by atoms with Gasteiger partial charge in [-0.05, 0) is 43.5 Å². The first-order chi connectivity index (χ1) is 12.3. The summed E-state index contributed by atoms with van der Waals surface area (Å²) in [6, 6.07) is 18.1. The van der Waals surface area contributed by atoms with Crippen LogP contribution in [-0.4, -0.2) is 41.2 Å². The van der Waals surface area contributed by atoms with E-state index >= 15 is 0 Å². The Hall–Kier alpha value is -2.46. The fraction of sp³-hybridized carbons (Fsp3) is 0.333. The van der Waals surface area contributed by atoms with Gasteiger partial charge in [0.25, 0.3) is 11.8 Å². The number of likely N-dealkylation sites (tertiary alicyclic amines) is 1. The molecule has 2 aliphatic rings. The highest BCUT2D eigenvalue weighted by atomic mass is 16.2. The van der Waals surface area contributed by atoms with Gasteiger partial charge in [0.05, 0.1) is 11.1 Å². The first-order valence-corrected chi connectivity index (χ1v) is 9.00. The van der Waals surface area contributed by atoms with E-state index in [1.165, 1.54) is 23.3 Å². The largest absolute Gasteiger partial charge is 0.296 e. The van der Waals surface area contributed by atoms with Gasteiger partial charge in [-0.1, -0.05) is 42.5 Å². The second-order valence-corrected chi connectivity index (χ2v) is 6.77. The van der Waals surface area contributed by atoms with Crippen molar-refractivity contribution in [3.63, 3.8) is 0 Å². The average Bonchev–Trinajstić information content (AvgIpc) is 3.22. The van der Waals surface area contributed by atoms with Gasteiger partial charge in [0.1, 0.15) is 0 Å². The van der Waals surface area contributed by atoms with Crippen LogP contribution in [0.1, 0.15) is 51.6 Å². The van der Waals surface area contributed by atoms with Crippen molar-refractivity contribution in [3.05, 3.63) is 71.3 Å². The van der Waals surface area contributed by atoms with Crippen molar-refractivity contribution in [1.29, 1.82) is 0 Å². The summed E-state index contributed by atoms with van der Waals surface area (Å²) in [5.74, 6) is -0.303. The standard InChI is InChI=1S/C21H22N2O2/c24-20-17-10-4-5-11-18(17)21(25)23(20)15-7-14-22-13-6-12-19(22)16-8-2-1-3-9-16/h1-5,8-11,19H,6-7,12-15H2. The summed E-state index contributed by atoms with van der Waals surface area (Å²) >= 11 is 0. The number of benzene rings is 2. The third-order valence-corrected chi connectivity index (χ3v) is 5.25. The number of hydrogen-bond donors (Lipinski definition) is 0. The van der Waals surface area contributed by atoms with E-state index in [0.717, 1.165) is 19.5 Å². The van der Waals surface area contributed by atoms with E-state index in [0.29, 0.717) is 23.7 Å². The van der Waals surface area contributed by atoms with Crippen molar-refractivity contribution < 1.29 is 9.59 Å². The Balaban J connectivity index is 1.37. The fourth-order valence-corrected chi connectivity index (χ4v) is 4.02. The molecule has 0 radical (unpaired) electrons. The molecule has 2 amide bonds. The zero-order valence-electron chi connectivity index (χ0n) is 14.2. The molecule has 0 N–H and O–H groups in total. The summed E-state index contributed by atoms with van der Waals surface area (Å²) < 4.78 is 0. The Morgan fingerprint density at radius 2 is 1.48 bits per heavy atom. The van der Waals surface area contributed by atoms with Crippen LogP contribution in [0.4, 0.5) is 0 Å². The first kappa shape index (κ1) is 16.0. The smallest absolute Gasteiger partial charge is 0.261 e. The minimum absolute atomic E-state index is 0.151. The molecule has 2 aromatic carbocycles. The lowest BCUT2D eigenvalue weighted by Gasteiger charge is -2.25. The number of fused-ring (bicyclic) bond motifs is 1. The van der Waals surface area contributed by atoms with Crippen LogP contribution in [0.25, 0.3) is 0 Å². The monoisotopic (exact) mass is 334 g/mol. The molecule has 1 atom stereocenters. The van der Waals surface area contributed by atoms with Gasteiger partial charge in [0.2, 0.25) is 0 Å². The van der Waals surface area contributed by atoms with Gasteiger partial charge in [-0.15, -0.1) is 0 Å². The molecule has 0 bridgehead atoms. The molecule has 25 heavy (non-hydrogen) atoms. The molecule has 2 aliphatic heterocycles. The van der Waals surface area contributed by atoms with Crippen LogP contribution in [0, 0.1) is 0 Å². The van der Waals surface area contributed by atoms with Crippen molar-refractivity contribution in [2.24, 2.45) is 0 Å². The highest BCUT2D eigenvalue weighted by molar-refractivity contribution is 6.21. The number of hydrogen-bond acceptors (Lipinski definition) is 3. The summed E-state index contributed by atoms with van der Waals surface area (Å²) in [5.41, 5.74) is 2.44. The predicted molar refractivity (Wildman–Crippen MR) is 96.4 cm³/mol. The molecular formula is C21H22N2O2. The number of carbonyl (C=O) groups excluding carboxylic acids is 2. The maximum Gasteiger partial charge on any atom is 0.261 e. The molecule has 0 aromatic heterocycles. The lowest BCUT2D eigenvalue weighted by atomic mass is 10.0. The summed E-state index contributed by atoms with van der Waals surface area (Å²) in [4.78, 5) is 28.7. The van der Waals surface area contributed by atoms with E-state index in [2.05, 4.69) is 29.2 Å². The number of nitrogens with zero attached hydrogens (tertiary/aromatic N) is 2. The summed E-state index contributed by atoms with van der Waals surface area (Å²) in [7, 11) is 0. The number of amides is 2. The van der Waals surface area contributed by atoms with Crippen LogP contribution < -0.4 is 0 Å². The second kappa shape index (κ2) is 6.81. The molecule has 1 fully saturated rings. The highest BCUT2D eigenvalue weighted by Gasteiger charge is 2.35. The van der Waals surface area contributed by atoms with Gasteiger partial charge in [0, 0.05) is 19.1 Å². The molecule has 0 spiro atoms. The molecule has 128 valence electrons. The molecule has 1 saturated heterocycles. The quantitative estimate of drug-likeness (QED) is 0.786. The normalized spacial score (nSPS) is 20.3. The van der Waals surface area contributed by atoms with Crippen molar-refractivity contribution >= 4 is 11.8 Å². The Labute approximate surface area is 148 Å². The van der Waals surface area contributed by atoms with Crippen LogP contribution >= 0.6 is 0 Å². The molecular weight excluding hydrogens is 312 g/mol. The van der Waals surface area contributed by atoms with Gasteiger partial charge in [0.15, 0.2) is 0 Å². The minimum atomic E-state index is -0.151. The summed E-state index contributed by atoms with van der Waals surface area (Å²) in [6.07, 6.45) is 3.19. The van der Waals surface area contributed by atoms with Gasteiger partial charge in [-0.3, -0.25) is 19.4 Å². The Morgan fingerprint density at radius 3 is 2.16 bits per heavy atom. The zero-order chi connectivity index (χ0) is 17.2. The molecule has 4 rings (SSSR count). The first-order valence-electron chi connectivity index (χ1n) is 9.00. The molecule has 2 heterocycles. The third kappa shape index (κ3) is 2.98. The number of rotatable bonds is 5. The molecule has 2 aromatic rings. The average molecular weight is 334 g/mol. The molecule has 0 aliphatic carbocycles. The molecule has 4 heteroatoms. The van der Waals surface area contributed by atoms with Crippen molar-refractivity contribution in [2.75, 3.05) is 19.6 Å². The lowest BCUT2D eigenvalue weighted by molar-refractivity contribution is 0.0646. The Bertz CT molecular complexity index is 752. The molecule has 4 nitrogen and oxygen atoms in total. The van der Waals surface area contributed by atoms with E-state index in [-0.39, 0.29) is 11.8 Å². The van der Waals surface area contributed by atoms with E-state index in [4.69, 9.17) is 0 Å². The highest BCUT2D eigenvalue weighted by Crippen LogP contribution is 2.31. The third-order valence-electron chi connectivity index (χ3n) is 5.25. The van der Waals surface area contributed by atoms with E-state index < -0.39 is 0 Å². The van der Waals surface area contributed by atoms with Crippen molar-refractivity contribution in [1.82, 2.24) is 9.80 Å². The maximum atomic E-state index is 12.4. The van der Waals surface area contributed by atoms with Gasteiger partial charge >= 0.3 is 0 Å². The molecule has 1 unspecified atom stereocenters. The zero-order valence-corrected chi connectivity index (χ0v) is 14.2. The Morgan fingerprint density at radius 1 is 0.840 bits per heavy atom. The van der Waals surface area contributed by atoms with Crippen molar-refractivity contribution in [2.45, 2.75) is 25.3 Å². The van der Waals surface area contributed by atoms with Gasteiger partial charge in [-0.2, -0.15) is 0 Å². The molecule has 0 saturated carbocycles. The van der Waals surface area contributed by atoms with Crippen LogP contribution in [0.5, 0.6) is 0 Å². The van der Waals surface area contributed by atoms with Crippen LogP contribution in [0.15, 0.2) is 54.6 Å². The second-order valence-electron chi connectivity index (χ2n) is 6.77. The number of carbonyl (C=O) groups is 2. The van der Waals surface area contributed by atoms with E-state index in [9.17, 15) is 9.59 Å². The fourth-order valence-electron chi connectivity index (χ4n) is 4.02. The predicted octanol–water partition coefficient (Wildman–Crippen LogP) is 3.51. The van der Waals surface area contributed by atoms with Crippen LogP contribution in [-0.2, 0) is 0 Å². The van der Waals surface area contributed by atoms with Crippen LogP contribution in [0.3, 0.4) is 0 Å². The summed E-state index contributed by atoms with van der Waals surface area (Å²) in [6.45, 7) is 2.49. The van der Waals surface area contributed by atoms with Crippen LogP contribution in [0.2, 0.25) is 0 Å². The van der Waals surface area contributed by atoms with E-state index in [1.54, 1.807) is 12.1 Å². The number of imide groups is 1. The Kier molecular flexibility index (Phi) is 4.36. The maximum absolute atomic E-state index is 12.4. The van der Waals surface area contributed by atoms with Gasteiger partial charge in [-0.25, -0.2) is 0 Å². The van der Waals surface area contributed by atoms with Crippen molar-refractivity contribution in [3.8, 4) is 0 Å². The minimum Gasteiger partial charge on any atom is -0.296 e.